The number of aryl methyl sites for hydroxylation is 1. The summed E-state index contributed by atoms with van der Waals surface area (Å²) in [7, 11) is 0. The van der Waals surface area contributed by atoms with Gasteiger partial charge in [-0.05, 0) is 36.8 Å². The number of ether oxygens (including phenoxy) is 1. The number of rotatable bonds is 3. The van der Waals surface area contributed by atoms with Crippen molar-refractivity contribution < 1.29 is 4.74 Å². The van der Waals surface area contributed by atoms with Gasteiger partial charge < -0.3 is 10.1 Å². The Labute approximate surface area is 118 Å². The lowest BCUT2D eigenvalue weighted by atomic mass is 10.00. The number of hydrogen-bond donors (Lipinski definition) is 1. The van der Waals surface area contributed by atoms with E-state index in [1.807, 2.05) is 11.3 Å². The van der Waals surface area contributed by atoms with Gasteiger partial charge in [-0.1, -0.05) is 24.3 Å². The summed E-state index contributed by atoms with van der Waals surface area (Å²) in [6, 6.07) is 11.1. The van der Waals surface area contributed by atoms with Crippen LogP contribution in [-0.2, 0) is 6.54 Å². The maximum atomic E-state index is 5.91. The van der Waals surface area contributed by atoms with Crippen LogP contribution in [0, 0.1) is 6.92 Å². The third kappa shape index (κ3) is 2.82. The van der Waals surface area contributed by atoms with Crippen LogP contribution >= 0.6 is 11.3 Å². The van der Waals surface area contributed by atoms with Crippen LogP contribution in [0.25, 0.3) is 0 Å². The first kappa shape index (κ1) is 12.7. The number of thiophene rings is 1. The van der Waals surface area contributed by atoms with E-state index < -0.39 is 0 Å². The maximum Gasteiger partial charge on any atom is 0.126 e. The van der Waals surface area contributed by atoms with Gasteiger partial charge in [0.05, 0.1) is 6.61 Å². The van der Waals surface area contributed by atoms with Gasteiger partial charge >= 0.3 is 0 Å². The van der Waals surface area contributed by atoms with Gasteiger partial charge in [-0.3, -0.25) is 0 Å². The van der Waals surface area contributed by atoms with Crippen LogP contribution in [-0.4, -0.2) is 6.61 Å². The zero-order valence-electron chi connectivity index (χ0n) is 11.2. The van der Waals surface area contributed by atoms with Gasteiger partial charge in [-0.2, -0.15) is 0 Å². The van der Waals surface area contributed by atoms with Crippen LogP contribution < -0.4 is 10.1 Å². The lowest BCUT2D eigenvalue weighted by Crippen LogP contribution is -2.20. The molecule has 0 saturated heterocycles. The first-order valence-electron chi connectivity index (χ1n) is 6.82. The Morgan fingerprint density at radius 2 is 2.26 bits per heavy atom. The van der Waals surface area contributed by atoms with Crippen LogP contribution in [0.4, 0.5) is 0 Å². The summed E-state index contributed by atoms with van der Waals surface area (Å²) >= 11 is 1.81. The van der Waals surface area contributed by atoms with Crippen molar-refractivity contribution in [1.82, 2.24) is 5.32 Å². The van der Waals surface area contributed by atoms with E-state index in [1.165, 1.54) is 16.0 Å². The van der Waals surface area contributed by atoms with Crippen LogP contribution in [0.3, 0.4) is 0 Å². The van der Waals surface area contributed by atoms with Gasteiger partial charge in [0.1, 0.15) is 5.75 Å². The lowest BCUT2D eigenvalue weighted by molar-refractivity contribution is 0.313. The second kappa shape index (κ2) is 5.76. The molecule has 0 saturated carbocycles. The van der Waals surface area contributed by atoms with Gasteiger partial charge in [-0.15, -0.1) is 11.3 Å². The molecule has 3 rings (SSSR count). The highest BCUT2D eigenvalue weighted by molar-refractivity contribution is 7.09. The Hall–Kier alpha value is -1.32. The van der Waals surface area contributed by atoms with E-state index in [0.29, 0.717) is 6.04 Å². The summed E-state index contributed by atoms with van der Waals surface area (Å²) in [6.45, 7) is 3.89. The monoisotopic (exact) mass is 273 g/mol. The molecule has 2 aromatic rings. The van der Waals surface area contributed by atoms with Crippen LogP contribution in [0.1, 0.15) is 34.9 Å². The quantitative estimate of drug-likeness (QED) is 0.910. The molecule has 3 heteroatoms. The third-order valence-electron chi connectivity index (χ3n) is 3.60. The van der Waals surface area contributed by atoms with E-state index >= 15 is 0 Å². The molecule has 1 unspecified atom stereocenters. The highest BCUT2D eigenvalue weighted by atomic mass is 32.1. The maximum absolute atomic E-state index is 5.91. The normalized spacial score (nSPS) is 18.5. The smallest absolute Gasteiger partial charge is 0.126 e. The topological polar surface area (TPSA) is 21.3 Å². The molecule has 0 amide bonds. The van der Waals surface area contributed by atoms with Gasteiger partial charge in [0.25, 0.3) is 0 Å². The van der Waals surface area contributed by atoms with E-state index in [2.05, 4.69) is 48.0 Å². The summed E-state index contributed by atoms with van der Waals surface area (Å²) in [4.78, 5) is 1.39. The predicted molar refractivity (Wildman–Crippen MR) is 79.8 cm³/mol. The molecule has 0 aliphatic carbocycles. The Morgan fingerprint density at radius 3 is 3.11 bits per heavy atom. The van der Waals surface area contributed by atoms with Crippen molar-refractivity contribution in [2.75, 3.05) is 6.61 Å². The van der Waals surface area contributed by atoms with E-state index in [-0.39, 0.29) is 0 Å². The van der Waals surface area contributed by atoms with E-state index in [4.69, 9.17) is 4.74 Å². The van der Waals surface area contributed by atoms with Crippen molar-refractivity contribution in [2.45, 2.75) is 32.4 Å². The summed E-state index contributed by atoms with van der Waals surface area (Å²) in [5, 5.41) is 5.81. The molecule has 2 nitrogen and oxygen atoms in total. The van der Waals surface area contributed by atoms with Crippen LogP contribution in [0.2, 0.25) is 0 Å². The molecular weight excluding hydrogens is 254 g/mol. The summed E-state index contributed by atoms with van der Waals surface area (Å²) < 4.78 is 5.91. The average Bonchev–Trinajstić information content (AvgIpc) is 2.84. The number of hydrogen-bond acceptors (Lipinski definition) is 3. The fraction of sp³-hybridized carbons (Fsp3) is 0.375. The number of benzene rings is 1. The van der Waals surface area contributed by atoms with Crippen molar-refractivity contribution >= 4 is 11.3 Å². The summed E-state index contributed by atoms with van der Waals surface area (Å²) in [5.41, 5.74) is 2.55. The van der Waals surface area contributed by atoms with Gasteiger partial charge in [-0.25, -0.2) is 0 Å². The SMILES string of the molecule is Cc1cccc2c1OCCCC2NCc1cccs1. The molecule has 1 aliphatic heterocycles. The van der Waals surface area contributed by atoms with Crippen molar-refractivity contribution in [2.24, 2.45) is 0 Å². The Kier molecular flexibility index (Phi) is 3.85. The summed E-state index contributed by atoms with van der Waals surface area (Å²) in [6.07, 6.45) is 2.25. The molecule has 100 valence electrons. The standard InChI is InChI=1S/C16H19NOS/c1-12-5-2-7-14-15(8-3-9-18-16(12)14)17-11-13-6-4-10-19-13/h2,4-7,10,15,17H,3,8-9,11H2,1H3. The predicted octanol–water partition coefficient (Wildman–Crippen LogP) is 4.06. The fourth-order valence-corrected chi connectivity index (χ4v) is 3.27. The molecule has 0 bridgehead atoms. The zero-order valence-corrected chi connectivity index (χ0v) is 12.0. The highest BCUT2D eigenvalue weighted by Crippen LogP contribution is 2.34. The molecule has 1 N–H and O–H groups in total. The number of fused-ring (bicyclic) bond motifs is 1. The van der Waals surface area contributed by atoms with Gasteiger partial charge in [0.2, 0.25) is 0 Å². The minimum absolute atomic E-state index is 0.402. The van der Waals surface area contributed by atoms with E-state index in [1.54, 1.807) is 0 Å². The van der Waals surface area contributed by atoms with Crippen molar-refractivity contribution in [3.05, 3.63) is 51.7 Å². The first-order valence-corrected chi connectivity index (χ1v) is 7.70. The molecule has 1 aliphatic rings. The molecule has 19 heavy (non-hydrogen) atoms. The average molecular weight is 273 g/mol. The molecular formula is C16H19NOS. The molecule has 2 heterocycles. The minimum atomic E-state index is 0.402. The first-order chi connectivity index (χ1) is 9.34. The Balaban J connectivity index is 1.80. The van der Waals surface area contributed by atoms with Crippen molar-refractivity contribution in [1.29, 1.82) is 0 Å². The van der Waals surface area contributed by atoms with E-state index in [0.717, 1.165) is 31.7 Å². The molecule has 0 radical (unpaired) electrons. The van der Waals surface area contributed by atoms with Gasteiger partial charge in [0.15, 0.2) is 0 Å². The van der Waals surface area contributed by atoms with Gasteiger partial charge in [0, 0.05) is 23.0 Å². The third-order valence-corrected chi connectivity index (χ3v) is 4.48. The summed E-state index contributed by atoms with van der Waals surface area (Å²) in [5.74, 6) is 1.09. The Bertz CT molecular complexity index is 536. The van der Waals surface area contributed by atoms with Crippen molar-refractivity contribution in [3.63, 3.8) is 0 Å². The molecule has 0 spiro atoms. The zero-order chi connectivity index (χ0) is 13.1. The van der Waals surface area contributed by atoms with E-state index in [9.17, 15) is 0 Å². The molecule has 1 aromatic carbocycles. The van der Waals surface area contributed by atoms with Crippen LogP contribution in [0.5, 0.6) is 5.75 Å². The minimum Gasteiger partial charge on any atom is -0.493 e. The Morgan fingerprint density at radius 1 is 1.32 bits per heavy atom. The second-order valence-corrected chi connectivity index (χ2v) is 6.03. The highest BCUT2D eigenvalue weighted by Gasteiger charge is 2.20. The lowest BCUT2D eigenvalue weighted by Gasteiger charge is -2.19. The molecule has 0 fully saturated rings. The van der Waals surface area contributed by atoms with Crippen LogP contribution in [0.15, 0.2) is 35.7 Å². The molecule has 1 aromatic heterocycles. The second-order valence-electron chi connectivity index (χ2n) is 5.00. The number of para-hydroxylation sites is 1. The number of nitrogens with one attached hydrogen (secondary N) is 1. The largest absolute Gasteiger partial charge is 0.493 e. The fourth-order valence-electron chi connectivity index (χ4n) is 2.61. The van der Waals surface area contributed by atoms with Crippen molar-refractivity contribution in [3.8, 4) is 5.75 Å². The molecule has 1 atom stereocenters.